The van der Waals surface area contributed by atoms with Crippen LogP contribution in [-0.4, -0.2) is 11.6 Å². The first-order chi connectivity index (χ1) is 11.8. The average Bonchev–Trinajstić information content (AvgIpc) is 2.65. The topological polar surface area (TPSA) is 57.9 Å². The Morgan fingerprint density at radius 1 is 1.08 bits per heavy atom. The lowest BCUT2D eigenvalue weighted by atomic mass is 10.1. The van der Waals surface area contributed by atoms with Gasteiger partial charge in [-0.25, -0.2) is 4.98 Å². The lowest BCUT2D eigenvalue weighted by Crippen LogP contribution is -2.02. The SMILES string of the molecule is CCOCc1ccc(CNc2cc(C#N)nc3ccccc23)cc1. The van der Waals surface area contributed by atoms with E-state index in [9.17, 15) is 0 Å². The molecule has 0 fully saturated rings. The smallest absolute Gasteiger partial charge is 0.143 e. The normalized spacial score (nSPS) is 10.5. The third-order valence-corrected chi connectivity index (χ3v) is 3.81. The van der Waals surface area contributed by atoms with E-state index in [4.69, 9.17) is 10.00 Å². The van der Waals surface area contributed by atoms with Crippen LogP contribution in [0.4, 0.5) is 5.69 Å². The molecule has 0 radical (unpaired) electrons. The minimum absolute atomic E-state index is 0.420. The van der Waals surface area contributed by atoms with Crippen LogP contribution >= 0.6 is 0 Å². The van der Waals surface area contributed by atoms with Gasteiger partial charge in [0.1, 0.15) is 11.8 Å². The molecular formula is C20H19N3O. The highest BCUT2D eigenvalue weighted by molar-refractivity contribution is 5.91. The summed E-state index contributed by atoms with van der Waals surface area (Å²) in [7, 11) is 0. The van der Waals surface area contributed by atoms with Crippen molar-refractivity contribution in [1.82, 2.24) is 4.98 Å². The molecule has 3 aromatic rings. The number of hydrogen-bond acceptors (Lipinski definition) is 4. The number of nitriles is 1. The Hall–Kier alpha value is -2.90. The fourth-order valence-electron chi connectivity index (χ4n) is 2.55. The highest BCUT2D eigenvalue weighted by Gasteiger charge is 2.05. The monoisotopic (exact) mass is 317 g/mol. The van der Waals surface area contributed by atoms with Crippen LogP contribution in [-0.2, 0) is 17.9 Å². The van der Waals surface area contributed by atoms with Gasteiger partial charge in [0, 0.05) is 24.2 Å². The zero-order valence-electron chi connectivity index (χ0n) is 13.6. The molecule has 1 heterocycles. The van der Waals surface area contributed by atoms with E-state index in [1.165, 1.54) is 11.1 Å². The second-order valence-electron chi connectivity index (χ2n) is 5.49. The summed E-state index contributed by atoms with van der Waals surface area (Å²) in [5, 5.41) is 13.6. The van der Waals surface area contributed by atoms with Crippen molar-refractivity contribution in [2.24, 2.45) is 0 Å². The number of pyridine rings is 1. The van der Waals surface area contributed by atoms with Gasteiger partial charge in [0.05, 0.1) is 12.1 Å². The van der Waals surface area contributed by atoms with E-state index < -0.39 is 0 Å². The molecule has 0 atom stereocenters. The number of anilines is 1. The minimum atomic E-state index is 0.420. The van der Waals surface area contributed by atoms with Gasteiger partial charge in [-0.1, -0.05) is 42.5 Å². The lowest BCUT2D eigenvalue weighted by molar-refractivity contribution is 0.134. The Kier molecular flexibility index (Phi) is 5.05. The standard InChI is InChI=1S/C20H19N3O/c1-2-24-14-16-9-7-15(8-10-16)13-22-20-11-17(12-21)23-19-6-4-3-5-18(19)20/h3-11H,2,13-14H2,1H3,(H,22,23). The number of aromatic nitrogens is 1. The molecule has 0 spiro atoms. The summed E-state index contributed by atoms with van der Waals surface area (Å²) in [5.74, 6) is 0. The molecule has 2 aromatic carbocycles. The van der Waals surface area contributed by atoms with Crippen molar-refractivity contribution in [3.05, 3.63) is 71.4 Å². The summed E-state index contributed by atoms with van der Waals surface area (Å²) in [4.78, 5) is 4.33. The number of rotatable bonds is 6. The Morgan fingerprint density at radius 3 is 2.58 bits per heavy atom. The predicted molar refractivity (Wildman–Crippen MR) is 95.6 cm³/mol. The number of nitrogens with one attached hydrogen (secondary N) is 1. The summed E-state index contributed by atoms with van der Waals surface area (Å²) in [6.07, 6.45) is 0. The molecule has 0 unspecified atom stereocenters. The van der Waals surface area contributed by atoms with Crippen LogP contribution in [0.25, 0.3) is 10.9 Å². The van der Waals surface area contributed by atoms with Crippen molar-refractivity contribution in [2.45, 2.75) is 20.1 Å². The Morgan fingerprint density at radius 2 is 1.83 bits per heavy atom. The van der Waals surface area contributed by atoms with Crippen molar-refractivity contribution < 1.29 is 4.74 Å². The van der Waals surface area contributed by atoms with Gasteiger partial charge in [0.15, 0.2) is 0 Å². The Bertz CT molecular complexity index is 866. The van der Waals surface area contributed by atoms with E-state index in [-0.39, 0.29) is 0 Å². The van der Waals surface area contributed by atoms with Gasteiger partial charge in [0.2, 0.25) is 0 Å². The molecule has 0 saturated heterocycles. The molecule has 0 aliphatic carbocycles. The molecule has 0 aliphatic rings. The van der Waals surface area contributed by atoms with Gasteiger partial charge >= 0.3 is 0 Å². The highest BCUT2D eigenvalue weighted by atomic mass is 16.5. The molecule has 4 nitrogen and oxygen atoms in total. The Balaban J connectivity index is 1.77. The van der Waals surface area contributed by atoms with Crippen molar-refractivity contribution in [3.63, 3.8) is 0 Å². The third-order valence-electron chi connectivity index (χ3n) is 3.81. The molecule has 0 bridgehead atoms. The maximum atomic E-state index is 9.16. The van der Waals surface area contributed by atoms with Gasteiger partial charge in [0.25, 0.3) is 0 Å². The fourth-order valence-corrected chi connectivity index (χ4v) is 2.55. The molecule has 24 heavy (non-hydrogen) atoms. The zero-order valence-corrected chi connectivity index (χ0v) is 13.6. The quantitative estimate of drug-likeness (QED) is 0.738. The summed E-state index contributed by atoms with van der Waals surface area (Å²) >= 11 is 0. The highest BCUT2D eigenvalue weighted by Crippen LogP contribution is 2.23. The maximum absolute atomic E-state index is 9.16. The van der Waals surface area contributed by atoms with E-state index in [0.29, 0.717) is 18.8 Å². The summed E-state index contributed by atoms with van der Waals surface area (Å²) in [6, 6.07) is 20.1. The minimum Gasteiger partial charge on any atom is -0.380 e. The molecule has 0 amide bonds. The van der Waals surface area contributed by atoms with Crippen LogP contribution in [0.15, 0.2) is 54.6 Å². The van der Waals surface area contributed by atoms with Crippen molar-refractivity contribution in [3.8, 4) is 6.07 Å². The number of ether oxygens (including phenoxy) is 1. The van der Waals surface area contributed by atoms with E-state index in [2.05, 4.69) is 40.6 Å². The number of para-hydroxylation sites is 1. The fraction of sp³-hybridized carbons (Fsp3) is 0.200. The second-order valence-corrected chi connectivity index (χ2v) is 5.49. The van der Waals surface area contributed by atoms with E-state index in [0.717, 1.165) is 23.2 Å². The molecule has 1 N–H and O–H groups in total. The third kappa shape index (κ3) is 3.70. The predicted octanol–water partition coefficient (Wildman–Crippen LogP) is 4.26. The summed E-state index contributed by atoms with van der Waals surface area (Å²) in [6.45, 7) is 4.05. The van der Waals surface area contributed by atoms with Crippen LogP contribution < -0.4 is 5.32 Å². The van der Waals surface area contributed by atoms with Crippen molar-refractivity contribution in [2.75, 3.05) is 11.9 Å². The first kappa shape index (κ1) is 16.0. The molecule has 0 saturated carbocycles. The van der Waals surface area contributed by atoms with Crippen molar-refractivity contribution >= 4 is 16.6 Å². The first-order valence-corrected chi connectivity index (χ1v) is 7.99. The Labute approximate surface area is 141 Å². The van der Waals surface area contributed by atoms with Gasteiger partial charge in [-0.2, -0.15) is 5.26 Å². The van der Waals surface area contributed by atoms with E-state index in [1.54, 1.807) is 6.07 Å². The van der Waals surface area contributed by atoms with Crippen LogP contribution in [0.2, 0.25) is 0 Å². The van der Waals surface area contributed by atoms with Crippen LogP contribution in [0.3, 0.4) is 0 Å². The number of nitrogens with zero attached hydrogens (tertiary/aromatic N) is 2. The van der Waals surface area contributed by atoms with Crippen molar-refractivity contribution in [1.29, 1.82) is 5.26 Å². The summed E-state index contributed by atoms with van der Waals surface area (Å²) in [5.41, 5.74) is 4.52. The summed E-state index contributed by atoms with van der Waals surface area (Å²) < 4.78 is 5.41. The molecule has 1 aromatic heterocycles. The number of fused-ring (bicyclic) bond motifs is 1. The number of hydrogen-bond donors (Lipinski definition) is 1. The van der Waals surface area contributed by atoms with Crippen LogP contribution in [0, 0.1) is 11.3 Å². The van der Waals surface area contributed by atoms with Gasteiger partial charge < -0.3 is 10.1 Å². The number of benzene rings is 2. The van der Waals surface area contributed by atoms with E-state index in [1.807, 2.05) is 31.2 Å². The molecular weight excluding hydrogens is 298 g/mol. The van der Waals surface area contributed by atoms with Crippen LogP contribution in [0.5, 0.6) is 0 Å². The molecule has 4 heteroatoms. The van der Waals surface area contributed by atoms with Gasteiger partial charge in [-0.15, -0.1) is 0 Å². The first-order valence-electron chi connectivity index (χ1n) is 7.99. The largest absolute Gasteiger partial charge is 0.380 e. The average molecular weight is 317 g/mol. The van der Waals surface area contributed by atoms with E-state index >= 15 is 0 Å². The molecule has 120 valence electrons. The van der Waals surface area contributed by atoms with Crippen LogP contribution in [0.1, 0.15) is 23.7 Å². The van der Waals surface area contributed by atoms with Gasteiger partial charge in [-0.3, -0.25) is 0 Å². The van der Waals surface area contributed by atoms with Gasteiger partial charge in [-0.05, 0) is 30.2 Å². The maximum Gasteiger partial charge on any atom is 0.143 e. The lowest BCUT2D eigenvalue weighted by Gasteiger charge is -2.11. The zero-order chi connectivity index (χ0) is 16.8. The molecule has 0 aliphatic heterocycles. The second kappa shape index (κ2) is 7.58. The molecule has 3 rings (SSSR count).